The largest absolute Gasteiger partial charge is 0.328 e. The summed E-state index contributed by atoms with van der Waals surface area (Å²) in [7, 11) is 7.55. The minimum Gasteiger partial charge on any atom is -0.328 e. The first kappa shape index (κ1) is 28.8. The Labute approximate surface area is 254 Å². The van der Waals surface area contributed by atoms with Crippen molar-refractivity contribution in [2.75, 3.05) is 58.0 Å². The predicted octanol–water partition coefficient (Wildman–Crippen LogP) is 6.11. The topological polar surface area (TPSA) is 89.0 Å². The summed E-state index contributed by atoms with van der Waals surface area (Å²) in [6.45, 7) is 0. The van der Waals surface area contributed by atoms with E-state index in [0.717, 1.165) is 0 Å². The Bertz CT molecular complexity index is 1570. The fourth-order valence-corrected chi connectivity index (χ4v) is 4.75. The first-order chi connectivity index (χ1) is 20.2. The van der Waals surface area contributed by atoms with Crippen molar-refractivity contribution in [3.05, 3.63) is 84.9 Å². The second kappa shape index (κ2) is 12.1. The molecule has 0 atom stereocenters. The Morgan fingerprint density at radius 3 is 1.14 bits per heavy atom. The molecule has 1 aromatic carbocycles. The van der Waals surface area contributed by atoms with Crippen LogP contribution >= 0.6 is 23.2 Å². The highest BCUT2D eigenvalue weighted by molar-refractivity contribution is 6.40. The SMILES string of the molecule is CN1c2cccc(n2)N(C)c2cccc(n2)N(C)c2cccc(c2N2C(=O)C=CC2=O)N(C)c2cccc1n2.ClCCl. The molecule has 10 nitrogen and oxygen atoms in total. The van der Waals surface area contributed by atoms with Gasteiger partial charge in [0.05, 0.1) is 22.4 Å². The van der Waals surface area contributed by atoms with Gasteiger partial charge in [0, 0.05) is 40.3 Å². The van der Waals surface area contributed by atoms with Gasteiger partial charge in [0.2, 0.25) is 0 Å². The third kappa shape index (κ3) is 5.34. The monoisotopic (exact) mass is 602 g/mol. The number of amides is 2. The highest BCUT2D eigenvalue weighted by atomic mass is 35.5. The number of aromatic nitrogens is 3. The first-order valence-corrected chi connectivity index (χ1v) is 14.0. The molecule has 5 heterocycles. The summed E-state index contributed by atoms with van der Waals surface area (Å²) >= 11 is 9.53. The quantitative estimate of drug-likeness (QED) is 0.189. The Balaban J connectivity index is 0.00000113. The lowest BCUT2D eigenvalue weighted by atomic mass is 10.1. The maximum atomic E-state index is 13.0. The number of carbonyl (C=O) groups excluding carboxylic acids is 2. The van der Waals surface area contributed by atoms with Crippen LogP contribution in [0.2, 0.25) is 0 Å². The van der Waals surface area contributed by atoms with E-state index in [0.29, 0.717) is 52.0 Å². The van der Waals surface area contributed by atoms with Crippen LogP contribution in [-0.2, 0) is 9.59 Å². The predicted molar refractivity (Wildman–Crippen MR) is 170 cm³/mol. The fraction of sp³-hybridized carbons (Fsp3) is 0.167. The molecule has 0 N–H and O–H groups in total. The first-order valence-electron chi connectivity index (χ1n) is 12.9. The van der Waals surface area contributed by atoms with Gasteiger partial charge in [-0.2, -0.15) is 0 Å². The summed E-state index contributed by atoms with van der Waals surface area (Å²) in [6.07, 6.45) is 2.58. The van der Waals surface area contributed by atoms with Crippen LogP contribution in [0, 0.1) is 0 Å². The van der Waals surface area contributed by atoms with E-state index in [2.05, 4.69) is 0 Å². The van der Waals surface area contributed by atoms with Crippen molar-refractivity contribution < 1.29 is 9.59 Å². The minimum absolute atomic E-state index is 0.194. The number of nitrogens with zero attached hydrogens (tertiary/aromatic N) is 8. The Hall–Kier alpha value is -4.67. The van der Waals surface area contributed by atoms with Gasteiger partial charge in [-0.15, -0.1) is 23.2 Å². The smallest absolute Gasteiger partial charge is 0.258 e. The number of anilines is 9. The summed E-state index contributed by atoms with van der Waals surface area (Å²) in [5, 5.41) is 0.194. The van der Waals surface area contributed by atoms with Gasteiger partial charge >= 0.3 is 0 Å². The van der Waals surface area contributed by atoms with Crippen molar-refractivity contribution in [1.29, 1.82) is 0 Å². The molecule has 3 aromatic heterocycles. The second-order valence-corrected chi connectivity index (χ2v) is 10.2. The summed E-state index contributed by atoms with van der Waals surface area (Å²) in [6, 6.07) is 22.9. The number of alkyl halides is 2. The van der Waals surface area contributed by atoms with Crippen LogP contribution in [0.4, 0.5) is 52.0 Å². The van der Waals surface area contributed by atoms with E-state index in [-0.39, 0.29) is 5.34 Å². The lowest BCUT2D eigenvalue weighted by Crippen LogP contribution is -2.33. The lowest BCUT2D eigenvalue weighted by molar-refractivity contribution is -0.119. The molecule has 0 radical (unpaired) electrons. The molecule has 214 valence electrons. The normalized spacial score (nSPS) is 14.3. The van der Waals surface area contributed by atoms with Gasteiger partial charge in [-0.1, -0.05) is 24.3 Å². The van der Waals surface area contributed by atoms with Crippen molar-refractivity contribution in [3.8, 4) is 0 Å². The zero-order valence-corrected chi connectivity index (χ0v) is 25.0. The van der Waals surface area contributed by atoms with E-state index >= 15 is 0 Å². The third-order valence-corrected chi connectivity index (χ3v) is 6.97. The number of rotatable bonds is 1. The van der Waals surface area contributed by atoms with E-state index in [9.17, 15) is 9.59 Å². The number of hydrogen-bond donors (Lipinski definition) is 0. The van der Waals surface area contributed by atoms with E-state index in [1.807, 2.05) is 121 Å². The second-order valence-electron chi connectivity index (χ2n) is 9.39. The van der Waals surface area contributed by atoms with Gasteiger partial charge in [0.25, 0.3) is 11.8 Å². The number of fused-ring (bicyclic) bond motifs is 8. The molecule has 0 spiro atoms. The van der Waals surface area contributed by atoms with Crippen molar-refractivity contribution >= 4 is 87.0 Å². The number of benzene rings is 1. The van der Waals surface area contributed by atoms with Crippen LogP contribution < -0.4 is 24.5 Å². The summed E-state index contributed by atoms with van der Waals surface area (Å²) < 4.78 is 0. The zero-order valence-electron chi connectivity index (χ0n) is 23.4. The van der Waals surface area contributed by atoms with Crippen LogP contribution in [0.15, 0.2) is 84.9 Å². The molecule has 8 bridgehead atoms. The van der Waals surface area contributed by atoms with Crippen LogP contribution in [0.25, 0.3) is 0 Å². The molecule has 0 aliphatic carbocycles. The van der Waals surface area contributed by atoms with Crippen molar-refractivity contribution in [2.45, 2.75) is 0 Å². The van der Waals surface area contributed by atoms with Gasteiger partial charge in [0.1, 0.15) is 34.9 Å². The molecule has 2 aliphatic rings. The molecular formula is C30H28Cl2N8O2. The summed E-state index contributed by atoms with van der Waals surface area (Å²) in [4.78, 5) is 49.4. The number of carbonyl (C=O) groups is 2. The Morgan fingerprint density at radius 1 is 0.524 bits per heavy atom. The lowest BCUT2D eigenvalue weighted by Gasteiger charge is -2.31. The van der Waals surface area contributed by atoms with Crippen LogP contribution in [-0.4, -0.2) is 60.3 Å². The average molecular weight is 604 g/mol. The molecule has 0 saturated carbocycles. The highest BCUT2D eigenvalue weighted by Gasteiger charge is 2.32. The number of halogens is 2. The third-order valence-electron chi connectivity index (χ3n) is 6.97. The molecule has 0 unspecified atom stereocenters. The van der Waals surface area contributed by atoms with Gasteiger partial charge < -0.3 is 19.6 Å². The van der Waals surface area contributed by atoms with Crippen LogP contribution in [0.3, 0.4) is 0 Å². The number of hydrogen-bond acceptors (Lipinski definition) is 9. The molecular weight excluding hydrogens is 575 g/mol. The molecule has 0 fully saturated rings. The molecule has 0 saturated heterocycles. The van der Waals surface area contributed by atoms with E-state index in [1.54, 1.807) is 0 Å². The molecule has 12 heteroatoms. The Morgan fingerprint density at radius 2 is 0.810 bits per heavy atom. The minimum atomic E-state index is -0.405. The number of para-hydroxylation sites is 1. The standard InChI is InChI=1S/C29H26N8O2.CH2Cl2/c1-33-19-9-5-10-20(29(19)37-27(38)17-18-28(37)39)34(2)22-12-7-14-24(31-22)36(4)26-16-8-15-25(32-26)35(3)23-13-6-11-21(33)30-23;2-1-3/h5-18H,1-4H3;1H2. The molecule has 2 aliphatic heterocycles. The van der Waals surface area contributed by atoms with Crippen molar-refractivity contribution in [2.24, 2.45) is 0 Å². The average Bonchev–Trinajstić information content (AvgIpc) is 3.36. The van der Waals surface area contributed by atoms with Gasteiger partial charge in [-0.25, -0.2) is 19.9 Å². The maximum Gasteiger partial charge on any atom is 0.258 e. The number of pyridine rings is 3. The molecule has 2 amide bonds. The summed E-state index contributed by atoms with van der Waals surface area (Å²) in [5.74, 6) is 3.26. The van der Waals surface area contributed by atoms with E-state index in [1.165, 1.54) is 17.1 Å². The maximum absolute atomic E-state index is 13.0. The van der Waals surface area contributed by atoms with Gasteiger partial charge in [-0.3, -0.25) is 9.59 Å². The fourth-order valence-electron chi connectivity index (χ4n) is 4.75. The van der Waals surface area contributed by atoms with E-state index < -0.39 is 11.8 Å². The molecule has 42 heavy (non-hydrogen) atoms. The zero-order chi connectivity index (χ0) is 30.0. The van der Waals surface area contributed by atoms with Crippen LogP contribution in [0.1, 0.15) is 0 Å². The number of imide groups is 1. The van der Waals surface area contributed by atoms with Crippen LogP contribution in [0.5, 0.6) is 0 Å². The summed E-state index contributed by atoms with van der Waals surface area (Å²) in [5.41, 5.74) is 1.72. The van der Waals surface area contributed by atoms with E-state index in [4.69, 9.17) is 38.2 Å². The van der Waals surface area contributed by atoms with Crippen molar-refractivity contribution in [3.63, 3.8) is 0 Å². The molecule has 6 rings (SSSR count). The molecule has 4 aromatic rings. The van der Waals surface area contributed by atoms with Gasteiger partial charge in [0.15, 0.2) is 0 Å². The van der Waals surface area contributed by atoms with Crippen molar-refractivity contribution in [1.82, 2.24) is 15.0 Å². The highest BCUT2D eigenvalue weighted by Crippen LogP contribution is 2.43. The van der Waals surface area contributed by atoms with Gasteiger partial charge in [-0.05, 0) is 48.5 Å². The Kier molecular flexibility index (Phi) is 8.28.